The number of pyridine rings is 1. The standard InChI is InChI=1S/C40H55BrN6O10S/c1-39(2,3)34(23-46(4)58(7,53)54)44-38(52)43-28-14-12-10-8-9-11-13-24-20-40(24,37(51)56-6)45-35(49)31-18-26(22-47(31)36(28)50)57-33-19-30(32(48)21-41)42-29-17-25(55-5)15-16-27(29)33/h11,13,15-17,19,24,26,28,31,34H,8-10,12,14,18,20-23H2,1-7H3,(H,45,49)(H2,43,44,52)/t24?,26-,28+,31+,34-,40-/m1/s1. The Hall–Kier alpha value is -4.29. The third-order valence-corrected chi connectivity index (χ3v) is 12.9. The number of hydrogen-bond acceptors (Lipinski definition) is 11. The minimum Gasteiger partial charge on any atom is -0.497 e. The van der Waals surface area contributed by atoms with Crippen molar-refractivity contribution in [3.63, 3.8) is 0 Å². The highest BCUT2D eigenvalue weighted by Crippen LogP contribution is 2.46. The number of ether oxygens (including phenoxy) is 3. The lowest BCUT2D eigenvalue weighted by atomic mass is 9.87. The molecule has 318 valence electrons. The van der Waals surface area contributed by atoms with Gasteiger partial charge in [0.05, 0.1) is 37.9 Å². The molecule has 0 radical (unpaired) electrons. The molecule has 5 rings (SSSR count). The summed E-state index contributed by atoms with van der Waals surface area (Å²) >= 11 is 3.21. The lowest BCUT2D eigenvalue weighted by molar-refractivity contribution is -0.148. The summed E-state index contributed by atoms with van der Waals surface area (Å²) in [6.45, 7) is 5.56. The number of nitrogens with zero attached hydrogens (tertiary/aromatic N) is 3. The maximum Gasteiger partial charge on any atom is 0.332 e. The Balaban J connectivity index is 1.49. The zero-order valence-electron chi connectivity index (χ0n) is 34.1. The molecule has 1 aromatic heterocycles. The zero-order chi connectivity index (χ0) is 42.6. The van der Waals surface area contributed by atoms with Gasteiger partial charge in [-0.25, -0.2) is 27.3 Å². The molecule has 0 spiro atoms. The van der Waals surface area contributed by atoms with Gasteiger partial charge in [0.1, 0.15) is 40.9 Å². The molecule has 2 aromatic rings. The van der Waals surface area contributed by atoms with Crippen LogP contribution in [0.2, 0.25) is 0 Å². The van der Waals surface area contributed by atoms with E-state index in [1.807, 2.05) is 32.9 Å². The van der Waals surface area contributed by atoms with Crippen LogP contribution < -0.4 is 25.4 Å². The van der Waals surface area contributed by atoms with E-state index in [2.05, 4.69) is 36.9 Å². The number of carbonyl (C=O) groups is 5. The van der Waals surface area contributed by atoms with Crippen molar-refractivity contribution in [3.8, 4) is 11.5 Å². The average Bonchev–Trinajstić information content (AvgIpc) is 3.70. The second-order valence-corrected chi connectivity index (χ2v) is 19.0. The number of rotatable bonds is 11. The lowest BCUT2D eigenvalue weighted by Gasteiger charge is -2.35. The van der Waals surface area contributed by atoms with E-state index in [9.17, 15) is 32.4 Å². The number of hydrogen-bond donors (Lipinski definition) is 3. The molecular formula is C40H55BrN6O10S. The average molecular weight is 892 g/mol. The first-order chi connectivity index (χ1) is 27.3. The van der Waals surface area contributed by atoms with E-state index in [-0.39, 0.29) is 48.7 Å². The minimum atomic E-state index is -3.55. The summed E-state index contributed by atoms with van der Waals surface area (Å²) in [6, 6.07) is 3.23. The summed E-state index contributed by atoms with van der Waals surface area (Å²) in [5.74, 6) is -1.41. The van der Waals surface area contributed by atoms with Crippen LogP contribution in [0.5, 0.6) is 11.5 Å². The van der Waals surface area contributed by atoms with E-state index in [1.54, 1.807) is 18.2 Å². The molecule has 1 aliphatic carbocycles. The first kappa shape index (κ1) is 44.8. The lowest BCUT2D eigenvalue weighted by Crippen LogP contribution is -2.59. The Labute approximate surface area is 348 Å². The molecule has 2 aliphatic heterocycles. The van der Waals surface area contributed by atoms with E-state index < -0.39 is 69.0 Å². The van der Waals surface area contributed by atoms with Crippen LogP contribution in [0.25, 0.3) is 10.9 Å². The fraction of sp³-hybridized carbons (Fsp3) is 0.600. The number of methoxy groups -OCH3 is 2. The maximum atomic E-state index is 14.7. The molecule has 1 unspecified atom stereocenters. The van der Waals surface area contributed by atoms with Crippen LogP contribution in [0.3, 0.4) is 0 Å². The predicted octanol–water partition coefficient (Wildman–Crippen LogP) is 3.71. The predicted molar refractivity (Wildman–Crippen MR) is 220 cm³/mol. The molecule has 3 N–H and O–H groups in total. The second-order valence-electron chi connectivity index (χ2n) is 16.4. The molecule has 1 aromatic carbocycles. The highest BCUT2D eigenvalue weighted by molar-refractivity contribution is 9.09. The van der Waals surface area contributed by atoms with Gasteiger partial charge in [-0.05, 0) is 43.2 Å². The molecule has 3 heterocycles. The van der Waals surface area contributed by atoms with E-state index in [0.717, 1.165) is 29.8 Å². The quantitative estimate of drug-likeness (QED) is 0.129. The van der Waals surface area contributed by atoms with Gasteiger partial charge in [-0.2, -0.15) is 0 Å². The van der Waals surface area contributed by atoms with Gasteiger partial charge in [0.15, 0.2) is 5.78 Å². The summed E-state index contributed by atoms with van der Waals surface area (Å²) in [4.78, 5) is 74.7. The summed E-state index contributed by atoms with van der Waals surface area (Å²) in [5, 5.41) is 9.27. The Morgan fingerprint density at radius 3 is 2.53 bits per heavy atom. The number of urea groups is 1. The summed E-state index contributed by atoms with van der Waals surface area (Å²) in [6.07, 6.45) is 7.73. The topological polar surface area (TPSA) is 203 Å². The van der Waals surface area contributed by atoms with E-state index >= 15 is 0 Å². The number of ketones is 1. The van der Waals surface area contributed by atoms with Crippen LogP contribution in [0.15, 0.2) is 36.4 Å². The SMILES string of the molecule is COC(=O)[C@@]12CC1C=CCCCCC[C@H](NC(=O)N[C@H](CN(C)S(C)(=O)=O)C(C)(C)C)C(=O)N1C[C@H](Oc3cc(C(=O)CBr)nc4cc(OC)ccc34)C[C@H]1C(=O)N2. The number of aromatic nitrogens is 1. The molecule has 0 bridgehead atoms. The third-order valence-electron chi connectivity index (χ3n) is 11.1. The van der Waals surface area contributed by atoms with Crippen LogP contribution in [0, 0.1) is 11.3 Å². The minimum absolute atomic E-state index is 0.00235. The number of amides is 4. The van der Waals surface area contributed by atoms with Crippen LogP contribution in [0.1, 0.15) is 76.2 Å². The molecule has 1 saturated carbocycles. The number of likely N-dealkylation sites (N-methyl/N-ethyl adjacent to an activating group) is 1. The number of esters is 1. The second kappa shape index (κ2) is 18.3. The van der Waals surface area contributed by atoms with Gasteiger partial charge >= 0.3 is 12.0 Å². The van der Waals surface area contributed by atoms with Crippen molar-refractivity contribution >= 4 is 66.5 Å². The Morgan fingerprint density at radius 2 is 1.88 bits per heavy atom. The number of sulfonamides is 1. The zero-order valence-corrected chi connectivity index (χ0v) is 36.5. The number of nitrogens with one attached hydrogen (secondary N) is 3. The molecular weight excluding hydrogens is 836 g/mol. The molecule has 6 atom stereocenters. The molecule has 3 aliphatic rings. The Kier molecular flexibility index (Phi) is 14.2. The van der Waals surface area contributed by atoms with Gasteiger partial charge in [-0.3, -0.25) is 14.4 Å². The fourth-order valence-corrected chi connectivity index (χ4v) is 8.10. The molecule has 4 amide bonds. The van der Waals surface area contributed by atoms with Crippen LogP contribution in [-0.4, -0.2) is 128 Å². The van der Waals surface area contributed by atoms with Crippen molar-refractivity contribution in [2.75, 3.05) is 45.9 Å². The molecule has 1 saturated heterocycles. The van der Waals surface area contributed by atoms with Gasteiger partial charge in [0, 0.05) is 49.5 Å². The van der Waals surface area contributed by atoms with Gasteiger partial charge in [-0.1, -0.05) is 61.7 Å². The number of Topliss-reactive ketones (excluding diaryl/α,β-unsaturated/α-hetero) is 1. The van der Waals surface area contributed by atoms with E-state index in [4.69, 9.17) is 14.2 Å². The van der Waals surface area contributed by atoms with Gasteiger partial charge in [-0.15, -0.1) is 0 Å². The summed E-state index contributed by atoms with van der Waals surface area (Å²) in [5.41, 5.74) is -1.26. The van der Waals surface area contributed by atoms with Crippen molar-refractivity contribution < 1.29 is 46.6 Å². The largest absolute Gasteiger partial charge is 0.497 e. The number of allylic oxidation sites excluding steroid dienone is 1. The highest BCUT2D eigenvalue weighted by atomic mass is 79.9. The van der Waals surface area contributed by atoms with Crippen molar-refractivity contribution in [2.24, 2.45) is 11.3 Å². The van der Waals surface area contributed by atoms with Crippen LogP contribution in [0.4, 0.5) is 4.79 Å². The van der Waals surface area contributed by atoms with Crippen LogP contribution >= 0.6 is 15.9 Å². The van der Waals surface area contributed by atoms with E-state index in [0.29, 0.717) is 35.2 Å². The number of halogens is 1. The van der Waals surface area contributed by atoms with Crippen LogP contribution in [-0.2, 0) is 29.1 Å². The normalized spacial score (nSPS) is 24.7. The molecule has 58 heavy (non-hydrogen) atoms. The van der Waals surface area contributed by atoms with Crippen molar-refractivity contribution in [1.29, 1.82) is 0 Å². The summed E-state index contributed by atoms with van der Waals surface area (Å²) in [7, 11) is 0.666. The molecule has 18 heteroatoms. The smallest absolute Gasteiger partial charge is 0.332 e. The first-order valence-electron chi connectivity index (χ1n) is 19.4. The van der Waals surface area contributed by atoms with Crippen molar-refractivity contribution in [3.05, 3.63) is 42.1 Å². The van der Waals surface area contributed by atoms with Crippen molar-refractivity contribution in [1.82, 2.24) is 30.1 Å². The van der Waals surface area contributed by atoms with E-state index in [1.165, 1.54) is 32.2 Å². The number of fused-ring (bicyclic) bond motifs is 3. The summed E-state index contributed by atoms with van der Waals surface area (Å²) < 4.78 is 42.8. The number of carbonyl (C=O) groups excluding carboxylic acids is 5. The monoisotopic (exact) mass is 890 g/mol. The third kappa shape index (κ3) is 10.5. The number of benzene rings is 1. The Bertz CT molecular complexity index is 2040. The van der Waals surface area contributed by atoms with Gasteiger partial charge in [0.2, 0.25) is 21.8 Å². The Morgan fingerprint density at radius 1 is 1.14 bits per heavy atom. The molecule has 16 nitrogen and oxygen atoms in total. The molecule has 2 fully saturated rings. The van der Waals surface area contributed by atoms with Crippen molar-refractivity contribution in [2.45, 2.75) is 95.5 Å². The first-order valence-corrected chi connectivity index (χ1v) is 22.4. The van der Waals surface area contributed by atoms with Gasteiger partial charge in [0.25, 0.3) is 0 Å². The number of alkyl halides is 1. The van der Waals surface area contributed by atoms with Gasteiger partial charge < -0.3 is 35.1 Å². The highest BCUT2D eigenvalue weighted by Gasteiger charge is 2.62. The maximum absolute atomic E-state index is 14.7. The fourth-order valence-electron chi connectivity index (χ4n) is 7.39.